The molecule has 2 aromatic rings. The summed E-state index contributed by atoms with van der Waals surface area (Å²) in [6, 6.07) is 7.04. The number of hydrogen-bond donors (Lipinski definition) is 3. The third-order valence-electron chi connectivity index (χ3n) is 4.45. The number of carbonyl (C=O) groups excluding carboxylic acids is 2. The number of ether oxygens (including phenoxy) is 1. The van der Waals surface area contributed by atoms with Gasteiger partial charge in [0.25, 0.3) is 0 Å². The van der Waals surface area contributed by atoms with Crippen LogP contribution in [0.15, 0.2) is 29.6 Å². The first-order valence-corrected chi connectivity index (χ1v) is 9.96. The SMILES string of the molecule is COc1ccc(NC(=O)Nc2nc(CCC(=O)NC3CCCC3)cs2)cc1. The van der Waals surface area contributed by atoms with Crippen LogP contribution in [0, 0.1) is 0 Å². The molecule has 1 heterocycles. The van der Waals surface area contributed by atoms with Crippen molar-refractivity contribution in [2.24, 2.45) is 0 Å². The van der Waals surface area contributed by atoms with Crippen molar-refractivity contribution in [2.75, 3.05) is 17.7 Å². The Balaban J connectivity index is 1.42. The molecule has 0 unspecified atom stereocenters. The predicted molar refractivity (Wildman–Crippen MR) is 106 cm³/mol. The lowest BCUT2D eigenvalue weighted by Gasteiger charge is -2.11. The molecule has 3 amide bonds. The number of aromatic nitrogens is 1. The van der Waals surface area contributed by atoms with E-state index in [1.54, 1.807) is 31.4 Å². The van der Waals surface area contributed by atoms with Crippen LogP contribution in [0.5, 0.6) is 5.75 Å². The monoisotopic (exact) mass is 388 g/mol. The predicted octanol–water partition coefficient (Wildman–Crippen LogP) is 3.79. The Morgan fingerprint density at radius 3 is 2.63 bits per heavy atom. The zero-order chi connectivity index (χ0) is 19.1. The molecule has 0 radical (unpaired) electrons. The van der Waals surface area contributed by atoms with Gasteiger partial charge in [-0.25, -0.2) is 9.78 Å². The highest BCUT2D eigenvalue weighted by Gasteiger charge is 2.17. The molecule has 3 rings (SSSR count). The molecule has 1 saturated carbocycles. The quantitative estimate of drug-likeness (QED) is 0.673. The third-order valence-corrected chi connectivity index (χ3v) is 5.26. The number of thiazole rings is 1. The lowest BCUT2D eigenvalue weighted by molar-refractivity contribution is -0.121. The summed E-state index contributed by atoms with van der Waals surface area (Å²) in [6.45, 7) is 0. The summed E-state index contributed by atoms with van der Waals surface area (Å²) >= 11 is 1.34. The Kier molecular flexibility index (Phi) is 6.64. The molecule has 0 atom stereocenters. The summed E-state index contributed by atoms with van der Waals surface area (Å²) in [4.78, 5) is 28.4. The van der Waals surface area contributed by atoms with Gasteiger partial charge in [0.05, 0.1) is 12.8 Å². The summed E-state index contributed by atoms with van der Waals surface area (Å²) in [7, 11) is 1.59. The first kappa shape index (κ1) is 19.2. The molecule has 8 heteroatoms. The minimum atomic E-state index is -0.361. The summed E-state index contributed by atoms with van der Waals surface area (Å²) in [5, 5.41) is 10.9. The van der Waals surface area contributed by atoms with E-state index >= 15 is 0 Å². The van der Waals surface area contributed by atoms with Gasteiger partial charge in [0.2, 0.25) is 5.91 Å². The molecule has 0 bridgehead atoms. The maximum Gasteiger partial charge on any atom is 0.325 e. The molecule has 3 N–H and O–H groups in total. The van der Waals surface area contributed by atoms with Gasteiger partial charge in [0.15, 0.2) is 5.13 Å². The molecule has 0 saturated heterocycles. The number of nitrogens with zero attached hydrogens (tertiary/aromatic N) is 1. The molecule has 1 aromatic heterocycles. The molecule has 7 nitrogen and oxygen atoms in total. The maximum absolute atomic E-state index is 12.1. The molecule has 27 heavy (non-hydrogen) atoms. The number of hydrogen-bond acceptors (Lipinski definition) is 5. The molecular formula is C19H24N4O3S. The Bertz CT molecular complexity index is 770. The molecule has 1 aliphatic rings. The average Bonchev–Trinajstić information content (AvgIpc) is 3.32. The highest BCUT2D eigenvalue weighted by Crippen LogP contribution is 2.20. The minimum absolute atomic E-state index is 0.0710. The fourth-order valence-electron chi connectivity index (χ4n) is 3.02. The second-order valence-electron chi connectivity index (χ2n) is 6.50. The van der Waals surface area contributed by atoms with Crippen LogP contribution in [-0.4, -0.2) is 30.1 Å². The maximum atomic E-state index is 12.1. The van der Waals surface area contributed by atoms with Crippen molar-refractivity contribution in [2.45, 2.75) is 44.6 Å². The lowest BCUT2D eigenvalue weighted by Crippen LogP contribution is -2.32. The van der Waals surface area contributed by atoms with Crippen molar-refractivity contribution >= 4 is 34.1 Å². The van der Waals surface area contributed by atoms with Crippen molar-refractivity contribution in [3.05, 3.63) is 35.3 Å². The number of rotatable bonds is 7. The zero-order valence-corrected chi connectivity index (χ0v) is 16.1. The summed E-state index contributed by atoms with van der Waals surface area (Å²) in [5.74, 6) is 0.796. The number of carbonyl (C=O) groups is 2. The van der Waals surface area contributed by atoms with E-state index in [9.17, 15) is 9.59 Å². The lowest BCUT2D eigenvalue weighted by atomic mass is 10.2. The first-order chi connectivity index (χ1) is 13.1. The van der Waals surface area contributed by atoms with Crippen LogP contribution in [0.2, 0.25) is 0 Å². The second kappa shape index (κ2) is 9.36. The summed E-state index contributed by atoms with van der Waals surface area (Å²) in [5.41, 5.74) is 1.47. The van der Waals surface area contributed by atoms with Gasteiger partial charge in [-0.3, -0.25) is 10.1 Å². The van der Waals surface area contributed by atoms with E-state index in [0.29, 0.717) is 29.7 Å². The van der Waals surface area contributed by atoms with Crippen LogP contribution in [0.1, 0.15) is 37.8 Å². The van der Waals surface area contributed by atoms with Gasteiger partial charge < -0.3 is 15.4 Å². The van der Waals surface area contributed by atoms with E-state index < -0.39 is 0 Å². The van der Waals surface area contributed by atoms with Crippen molar-refractivity contribution in [3.63, 3.8) is 0 Å². The molecule has 1 fully saturated rings. The summed E-state index contributed by atoms with van der Waals surface area (Å²) in [6.07, 6.45) is 5.55. The molecule has 1 aliphatic carbocycles. The normalized spacial score (nSPS) is 14.0. The number of amides is 3. The highest BCUT2D eigenvalue weighted by molar-refractivity contribution is 7.13. The van der Waals surface area contributed by atoms with E-state index in [-0.39, 0.29) is 11.9 Å². The van der Waals surface area contributed by atoms with Gasteiger partial charge in [-0.2, -0.15) is 0 Å². The Morgan fingerprint density at radius 2 is 1.93 bits per heavy atom. The van der Waals surface area contributed by atoms with E-state index in [0.717, 1.165) is 24.3 Å². The van der Waals surface area contributed by atoms with Gasteiger partial charge in [-0.1, -0.05) is 12.8 Å². The number of benzene rings is 1. The highest BCUT2D eigenvalue weighted by atomic mass is 32.1. The molecular weight excluding hydrogens is 364 g/mol. The Labute approximate surface area is 162 Å². The van der Waals surface area contributed by atoms with Crippen LogP contribution < -0.4 is 20.7 Å². The smallest absolute Gasteiger partial charge is 0.325 e. The van der Waals surface area contributed by atoms with Crippen molar-refractivity contribution < 1.29 is 14.3 Å². The van der Waals surface area contributed by atoms with Crippen molar-refractivity contribution in [1.82, 2.24) is 10.3 Å². The van der Waals surface area contributed by atoms with Crippen LogP contribution in [0.4, 0.5) is 15.6 Å². The number of anilines is 2. The van der Waals surface area contributed by atoms with E-state index in [2.05, 4.69) is 20.9 Å². The van der Waals surface area contributed by atoms with Crippen molar-refractivity contribution in [1.29, 1.82) is 0 Å². The van der Waals surface area contributed by atoms with Crippen LogP contribution in [0.3, 0.4) is 0 Å². The number of urea groups is 1. The molecule has 144 valence electrons. The standard InChI is InChI=1S/C19H24N4O3S/c1-26-16-9-6-14(7-10-16)21-18(25)23-19-22-15(12-27-19)8-11-17(24)20-13-4-2-3-5-13/h6-7,9-10,12-13H,2-5,8,11H2,1H3,(H,20,24)(H2,21,22,23,25). The van der Waals surface area contributed by atoms with E-state index in [1.807, 2.05) is 5.38 Å². The average molecular weight is 388 g/mol. The fourth-order valence-corrected chi connectivity index (χ4v) is 3.76. The van der Waals surface area contributed by atoms with Gasteiger partial charge >= 0.3 is 6.03 Å². The summed E-state index contributed by atoms with van der Waals surface area (Å²) < 4.78 is 5.08. The number of methoxy groups -OCH3 is 1. The third kappa shape index (κ3) is 5.96. The van der Waals surface area contributed by atoms with Gasteiger partial charge in [-0.15, -0.1) is 11.3 Å². The van der Waals surface area contributed by atoms with Gasteiger partial charge in [0.1, 0.15) is 5.75 Å². The van der Waals surface area contributed by atoms with Gasteiger partial charge in [0, 0.05) is 23.5 Å². The van der Waals surface area contributed by atoms with Gasteiger partial charge in [-0.05, 0) is 43.5 Å². The number of nitrogens with one attached hydrogen (secondary N) is 3. The molecule has 0 aliphatic heterocycles. The first-order valence-electron chi connectivity index (χ1n) is 9.08. The molecule has 0 spiro atoms. The number of aryl methyl sites for hydroxylation is 1. The Hall–Kier alpha value is -2.61. The topological polar surface area (TPSA) is 92.3 Å². The largest absolute Gasteiger partial charge is 0.497 e. The molecule has 1 aromatic carbocycles. The van der Waals surface area contributed by atoms with E-state index in [4.69, 9.17) is 4.74 Å². The second-order valence-corrected chi connectivity index (χ2v) is 7.36. The van der Waals surface area contributed by atoms with Crippen LogP contribution in [-0.2, 0) is 11.2 Å². The zero-order valence-electron chi connectivity index (χ0n) is 15.3. The van der Waals surface area contributed by atoms with E-state index in [1.165, 1.54) is 24.2 Å². The fraction of sp³-hybridized carbons (Fsp3) is 0.421. The van der Waals surface area contributed by atoms with Crippen LogP contribution >= 0.6 is 11.3 Å². The minimum Gasteiger partial charge on any atom is -0.497 e. The van der Waals surface area contributed by atoms with Crippen molar-refractivity contribution in [3.8, 4) is 5.75 Å². The Morgan fingerprint density at radius 1 is 1.19 bits per heavy atom. The van der Waals surface area contributed by atoms with Crippen LogP contribution in [0.25, 0.3) is 0 Å².